The minimum absolute atomic E-state index is 0.439. The first-order chi connectivity index (χ1) is 11.1. The van der Waals surface area contributed by atoms with Crippen molar-refractivity contribution < 1.29 is 9.90 Å². The van der Waals surface area contributed by atoms with Crippen LogP contribution < -0.4 is 5.32 Å². The van der Waals surface area contributed by atoms with Crippen molar-refractivity contribution in [3.8, 4) is 0 Å². The maximum absolute atomic E-state index is 11.6. The summed E-state index contributed by atoms with van der Waals surface area (Å²) in [6.45, 7) is 1.97. The SMILES string of the molecule is Cc1ccccc1NC(Cc1ccc2ccccc2c1)C(=O)O. The highest BCUT2D eigenvalue weighted by Crippen LogP contribution is 2.19. The van der Waals surface area contributed by atoms with Crippen LogP contribution in [-0.2, 0) is 11.2 Å². The number of nitrogens with one attached hydrogen (secondary N) is 1. The number of benzene rings is 3. The fourth-order valence-electron chi connectivity index (χ4n) is 2.72. The number of para-hydroxylation sites is 1. The molecule has 0 saturated heterocycles. The zero-order chi connectivity index (χ0) is 16.2. The van der Waals surface area contributed by atoms with Crippen molar-refractivity contribution >= 4 is 22.4 Å². The number of hydrogen-bond acceptors (Lipinski definition) is 2. The molecule has 1 unspecified atom stereocenters. The first-order valence-electron chi connectivity index (χ1n) is 7.66. The maximum Gasteiger partial charge on any atom is 0.326 e. The third-order valence-corrected chi connectivity index (χ3v) is 4.03. The predicted molar refractivity (Wildman–Crippen MR) is 93.9 cm³/mol. The molecular formula is C20H19NO2. The highest BCUT2D eigenvalue weighted by Gasteiger charge is 2.18. The van der Waals surface area contributed by atoms with Crippen LogP contribution in [0.2, 0.25) is 0 Å². The average molecular weight is 305 g/mol. The van der Waals surface area contributed by atoms with Gasteiger partial charge in [-0.15, -0.1) is 0 Å². The molecule has 3 rings (SSSR count). The van der Waals surface area contributed by atoms with Crippen molar-refractivity contribution in [2.24, 2.45) is 0 Å². The molecule has 0 radical (unpaired) electrons. The molecule has 1 atom stereocenters. The van der Waals surface area contributed by atoms with E-state index in [1.165, 1.54) is 0 Å². The molecule has 0 heterocycles. The molecule has 0 aromatic heterocycles. The number of carboxylic acids is 1. The van der Waals surface area contributed by atoms with E-state index in [0.29, 0.717) is 6.42 Å². The van der Waals surface area contributed by atoms with Gasteiger partial charge in [0.15, 0.2) is 0 Å². The molecule has 3 aromatic rings. The summed E-state index contributed by atoms with van der Waals surface area (Å²) in [5.41, 5.74) is 2.91. The molecular weight excluding hydrogens is 286 g/mol. The minimum Gasteiger partial charge on any atom is -0.480 e. The number of anilines is 1. The molecule has 0 saturated carbocycles. The summed E-state index contributed by atoms with van der Waals surface area (Å²) in [4.78, 5) is 11.6. The van der Waals surface area contributed by atoms with Crippen LogP contribution in [0, 0.1) is 6.92 Å². The van der Waals surface area contributed by atoms with Crippen LogP contribution >= 0.6 is 0 Å². The van der Waals surface area contributed by atoms with Gasteiger partial charge in [-0.05, 0) is 34.9 Å². The van der Waals surface area contributed by atoms with Gasteiger partial charge < -0.3 is 10.4 Å². The topological polar surface area (TPSA) is 49.3 Å². The fourth-order valence-corrected chi connectivity index (χ4v) is 2.72. The predicted octanol–water partition coefficient (Wildman–Crippen LogP) is 4.26. The second-order valence-electron chi connectivity index (χ2n) is 5.74. The quantitative estimate of drug-likeness (QED) is 0.740. The molecule has 0 amide bonds. The number of aliphatic carboxylic acids is 1. The second kappa shape index (κ2) is 6.53. The zero-order valence-corrected chi connectivity index (χ0v) is 13.0. The van der Waals surface area contributed by atoms with Crippen molar-refractivity contribution in [3.05, 3.63) is 77.9 Å². The van der Waals surface area contributed by atoms with Gasteiger partial charge in [0, 0.05) is 12.1 Å². The summed E-state index contributed by atoms with van der Waals surface area (Å²) in [7, 11) is 0. The summed E-state index contributed by atoms with van der Waals surface area (Å²) in [5, 5.41) is 15.0. The Morgan fingerprint density at radius 2 is 1.70 bits per heavy atom. The molecule has 3 aromatic carbocycles. The van der Waals surface area contributed by atoms with Crippen LogP contribution in [0.25, 0.3) is 10.8 Å². The van der Waals surface area contributed by atoms with E-state index >= 15 is 0 Å². The van der Waals surface area contributed by atoms with Crippen molar-refractivity contribution in [2.45, 2.75) is 19.4 Å². The van der Waals surface area contributed by atoms with E-state index in [1.807, 2.05) is 61.5 Å². The number of carbonyl (C=O) groups is 1. The summed E-state index contributed by atoms with van der Waals surface area (Å²) in [5.74, 6) is -0.846. The smallest absolute Gasteiger partial charge is 0.326 e. The number of hydrogen-bond donors (Lipinski definition) is 2. The third kappa shape index (κ3) is 3.51. The highest BCUT2D eigenvalue weighted by molar-refractivity contribution is 5.83. The van der Waals surface area contributed by atoms with Gasteiger partial charge in [-0.2, -0.15) is 0 Å². The Labute approximate surface area is 135 Å². The molecule has 116 valence electrons. The lowest BCUT2D eigenvalue weighted by molar-refractivity contribution is -0.137. The Balaban J connectivity index is 1.84. The van der Waals surface area contributed by atoms with Crippen LogP contribution in [0.5, 0.6) is 0 Å². The van der Waals surface area contributed by atoms with Crippen molar-refractivity contribution in [2.75, 3.05) is 5.32 Å². The Bertz CT molecular complexity index is 842. The Morgan fingerprint density at radius 1 is 1.00 bits per heavy atom. The molecule has 0 aliphatic rings. The molecule has 3 heteroatoms. The molecule has 0 fully saturated rings. The molecule has 23 heavy (non-hydrogen) atoms. The fraction of sp³-hybridized carbons (Fsp3) is 0.150. The van der Waals surface area contributed by atoms with E-state index in [4.69, 9.17) is 0 Å². The normalized spacial score (nSPS) is 12.0. The van der Waals surface area contributed by atoms with Gasteiger partial charge in [0.05, 0.1) is 0 Å². The summed E-state index contributed by atoms with van der Waals surface area (Å²) in [6, 6.07) is 21.3. The minimum atomic E-state index is -0.846. The van der Waals surface area contributed by atoms with Crippen LogP contribution in [0.15, 0.2) is 66.7 Å². The molecule has 0 bridgehead atoms. The monoisotopic (exact) mass is 305 g/mol. The van der Waals surface area contributed by atoms with Crippen molar-refractivity contribution in [1.29, 1.82) is 0 Å². The van der Waals surface area contributed by atoms with Gasteiger partial charge >= 0.3 is 5.97 Å². The Kier molecular flexibility index (Phi) is 4.29. The molecule has 0 aliphatic carbocycles. The van der Waals surface area contributed by atoms with Crippen LogP contribution in [0.4, 0.5) is 5.69 Å². The summed E-state index contributed by atoms with van der Waals surface area (Å²) < 4.78 is 0. The number of rotatable bonds is 5. The zero-order valence-electron chi connectivity index (χ0n) is 13.0. The largest absolute Gasteiger partial charge is 0.480 e. The van der Waals surface area contributed by atoms with Crippen LogP contribution in [0.3, 0.4) is 0 Å². The van der Waals surface area contributed by atoms with Gasteiger partial charge in [-0.25, -0.2) is 4.79 Å². The van der Waals surface area contributed by atoms with E-state index in [0.717, 1.165) is 27.6 Å². The van der Waals surface area contributed by atoms with Gasteiger partial charge in [-0.1, -0.05) is 60.7 Å². The molecule has 3 nitrogen and oxygen atoms in total. The van der Waals surface area contributed by atoms with Gasteiger partial charge in [-0.3, -0.25) is 0 Å². The van der Waals surface area contributed by atoms with E-state index in [9.17, 15) is 9.90 Å². The second-order valence-corrected chi connectivity index (χ2v) is 5.74. The maximum atomic E-state index is 11.6. The summed E-state index contributed by atoms with van der Waals surface area (Å²) >= 11 is 0. The van der Waals surface area contributed by atoms with Crippen LogP contribution in [-0.4, -0.2) is 17.1 Å². The van der Waals surface area contributed by atoms with E-state index in [-0.39, 0.29) is 0 Å². The molecule has 0 aliphatic heterocycles. The van der Waals surface area contributed by atoms with E-state index in [1.54, 1.807) is 0 Å². The highest BCUT2D eigenvalue weighted by atomic mass is 16.4. The molecule has 2 N–H and O–H groups in total. The van der Waals surface area contributed by atoms with E-state index < -0.39 is 12.0 Å². The standard InChI is InChI=1S/C20H19NO2/c1-14-6-2-5-9-18(14)21-19(20(22)23)13-15-10-11-16-7-3-4-8-17(16)12-15/h2-12,19,21H,13H2,1H3,(H,22,23). The first-order valence-corrected chi connectivity index (χ1v) is 7.66. The lowest BCUT2D eigenvalue weighted by atomic mass is 10.0. The average Bonchev–Trinajstić information content (AvgIpc) is 2.56. The van der Waals surface area contributed by atoms with Crippen LogP contribution in [0.1, 0.15) is 11.1 Å². The third-order valence-electron chi connectivity index (χ3n) is 4.03. The Hall–Kier alpha value is -2.81. The first kappa shape index (κ1) is 15.1. The number of fused-ring (bicyclic) bond motifs is 1. The van der Waals surface area contributed by atoms with Gasteiger partial charge in [0.1, 0.15) is 6.04 Å². The van der Waals surface area contributed by atoms with Gasteiger partial charge in [0.2, 0.25) is 0 Å². The number of aryl methyl sites for hydroxylation is 1. The van der Waals surface area contributed by atoms with Crippen molar-refractivity contribution in [1.82, 2.24) is 0 Å². The molecule has 0 spiro atoms. The number of carboxylic acid groups (broad SMARTS) is 1. The Morgan fingerprint density at radius 3 is 2.43 bits per heavy atom. The summed E-state index contributed by atoms with van der Waals surface area (Å²) in [6.07, 6.45) is 0.439. The van der Waals surface area contributed by atoms with Crippen molar-refractivity contribution in [3.63, 3.8) is 0 Å². The lowest BCUT2D eigenvalue weighted by Crippen LogP contribution is -2.31. The van der Waals surface area contributed by atoms with E-state index in [2.05, 4.69) is 17.4 Å². The van der Waals surface area contributed by atoms with Gasteiger partial charge in [0.25, 0.3) is 0 Å². The lowest BCUT2D eigenvalue weighted by Gasteiger charge is -2.17.